The van der Waals surface area contributed by atoms with Gasteiger partial charge in [0.1, 0.15) is 17.2 Å². The van der Waals surface area contributed by atoms with E-state index in [2.05, 4.69) is 15.6 Å². The van der Waals surface area contributed by atoms with Gasteiger partial charge < -0.3 is 30.1 Å². The van der Waals surface area contributed by atoms with E-state index in [1.807, 2.05) is 55.1 Å². The number of carbonyl (C=O) groups excluding carboxylic acids is 3. The maximum Gasteiger partial charge on any atom is 0.339 e. The van der Waals surface area contributed by atoms with Gasteiger partial charge in [-0.25, -0.2) is 9.78 Å². The fraction of sp³-hybridized carbons (Fsp3) is 0.286. The number of hydrogen-bond donors (Lipinski definition) is 3. The second kappa shape index (κ2) is 14.5. The molecule has 1 saturated heterocycles. The molecule has 1 aliphatic carbocycles. The quantitative estimate of drug-likeness (QED) is 0.0854. The summed E-state index contributed by atoms with van der Waals surface area (Å²) >= 11 is 0. The molecule has 1 fully saturated rings. The molecule has 13 nitrogen and oxygen atoms in total. The largest absolute Gasteiger partial charge is 0.497 e. The molecular formula is C42H41N7O6. The SMILES string of the molecule is COc1ccc(C(=O)/C=C/C(=O)N2CCC(n3cc(-c4cnc(Nc5ccc6c(c5)C(C)(C)OC6=O)nc4N[C@H]4c5ccccc5C[C@H]4O)cn3)CC2)cc1. The number of allylic oxidation sites excluding steroid dienone is 1. The number of carbonyl (C=O) groups is 3. The number of likely N-dealkylation sites (tertiary alicyclic amines) is 1. The van der Waals surface area contributed by atoms with Crippen molar-refractivity contribution in [2.75, 3.05) is 30.8 Å². The molecule has 13 heteroatoms. The maximum absolute atomic E-state index is 13.0. The number of amides is 1. The Morgan fingerprint density at radius 3 is 2.56 bits per heavy atom. The van der Waals surface area contributed by atoms with Crippen molar-refractivity contribution in [2.45, 2.75) is 56.9 Å². The van der Waals surface area contributed by atoms with E-state index in [1.165, 1.54) is 12.2 Å². The lowest BCUT2D eigenvalue weighted by Crippen LogP contribution is -2.38. The average molecular weight is 740 g/mol. The number of nitrogens with one attached hydrogen (secondary N) is 2. The summed E-state index contributed by atoms with van der Waals surface area (Å²) in [5.74, 6) is 0.712. The van der Waals surface area contributed by atoms with E-state index in [4.69, 9.17) is 19.6 Å². The van der Waals surface area contributed by atoms with E-state index in [9.17, 15) is 19.5 Å². The molecule has 2 atom stereocenters. The van der Waals surface area contributed by atoms with Crippen molar-refractivity contribution < 1.29 is 29.0 Å². The van der Waals surface area contributed by atoms with Gasteiger partial charge in [-0.15, -0.1) is 0 Å². The van der Waals surface area contributed by atoms with Gasteiger partial charge in [-0.3, -0.25) is 14.3 Å². The van der Waals surface area contributed by atoms with E-state index in [0.717, 1.165) is 22.3 Å². The summed E-state index contributed by atoms with van der Waals surface area (Å²) in [6.45, 7) is 4.76. The van der Waals surface area contributed by atoms with Crippen LogP contribution in [0.1, 0.15) is 76.2 Å². The van der Waals surface area contributed by atoms with Crippen LogP contribution in [-0.4, -0.2) is 73.7 Å². The van der Waals surface area contributed by atoms with Gasteiger partial charge in [0.25, 0.3) is 0 Å². The highest BCUT2D eigenvalue weighted by atomic mass is 16.6. The number of rotatable bonds is 10. The average Bonchev–Trinajstić information content (AvgIpc) is 3.87. The van der Waals surface area contributed by atoms with Crippen LogP contribution >= 0.6 is 0 Å². The summed E-state index contributed by atoms with van der Waals surface area (Å²) in [6.07, 6.45) is 9.39. The number of anilines is 3. The summed E-state index contributed by atoms with van der Waals surface area (Å²) in [5.41, 5.74) is 5.34. The number of esters is 1. The Morgan fingerprint density at radius 2 is 1.78 bits per heavy atom. The number of cyclic esters (lactones) is 1. The molecule has 5 aromatic rings. The molecule has 1 amide bonds. The first-order valence-corrected chi connectivity index (χ1v) is 18.3. The third kappa shape index (κ3) is 7.18. The highest BCUT2D eigenvalue weighted by molar-refractivity contribution is 6.07. The van der Waals surface area contributed by atoms with Crippen molar-refractivity contribution in [3.8, 4) is 16.9 Å². The number of ether oxygens (including phenoxy) is 2. The standard InChI is InChI=1S/C42H41N7O6/c1-42(2)34-21-28(10-13-32(34)40(53)55-42)45-41-43-23-33(39(47-41)46-38-31-7-5-4-6-26(31)20-36(38)51)27-22-44-49(24-27)29-16-18-48(19-17-29)37(52)15-14-35(50)25-8-11-30(54-3)12-9-25/h4-15,21-24,29,36,38,51H,16-20H2,1-3H3,(H2,43,45,46,47)/b15-14+/t36-,38+/m1/s1. The summed E-state index contributed by atoms with van der Waals surface area (Å²) in [4.78, 5) is 49.2. The lowest BCUT2D eigenvalue weighted by molar-refractivity contribution is -0.127. The summed E-state index contributed by atoms with van der Waals surface area (Å²) in [6, 6.07) is 19.8. The van der Waals surface area contributed by atoms with Gasteiger partial charge in [0.2, 0.25) is 11.9 Å². The number of aliphatic hydroxyl groups excluding tert-OH is 1. The lowest BCUT2D eigenvalue weighted by atomic mass is 9.95. The van der Waals surface area contributed by atoms with Crippen molar-refractivity contribution in [1.29, 1.82) is 0 Å². The number of nitrogens with zero attached hydrogens (tertiary/aromatic N) is 5. The van der Waals surface area contributed by atoms with Gasteiger partial charge in [0.05, 0.1) is 37.1 Å². The number of methoxy groups -OCH3 is 1. The Balaban J connectivity index is 0.991. The Labute approximate surface area is 318 Å². The fourth-order valence-electron chi connectivity index (χ4n) is 7.56. The summed E-state index contributed by atoms with van der Waals surface area (Å²) in [5, 5.41) is 22.7. The third-order valence-electron chi connectivity index (χ3n) is 10.6. The minimum atomic E-state index is -0.754. The maximum atomic E-state index is 13.0. The Bertz CT molecular complexity index is 2310. The first-order chi connectivity index (χ1) is 26.6. The van der Waals surface area contributed by atoms with Crippen molar-refractivity contribution >= 4 is 35.1 Å². The van der Waals surface area contributed by atoms with Crippen LogP contribution in [0.3, 0.4) is 0 Å². The number of hydrogen-bond acceptors (Lipinski definition) is 11. The molecule has 0 radical (unpaired) electrons. The first kappa shape index (κ1) is 35.7. The molecule has 0 unspecified atom stereocenters. The molecule has 3 aliphatic rings. The van der Waals surface area contributed by atoms with Crippen LogP contribution in [0.25, 0.3) is 11.1 Å². The highest BCUT2D eigenvalue weighted by Gasteiger charge is 2.38. The monoisotopic (exact) mass is 739 g/mol. The van der Waals surface area contributed by atoms with Crippen LogP contribution in [0.15, 0.2) is 97.5 Å². The predicted octanol–water partition coefficient (Wildman–Crippen LogP) is 6.17. The van der Waals surface area contributed by atoms with E-state index >= 15 is 0 Å². The first-order valence-electron chi connectivity index (χ1n) is 18.3. The van der Waals surface area contributed by atoms with E-state index in [0.29, 0.717) is 72.2 Å². The summed E-state index contributed by atoms with van der Waals surface area (Å²) < 4.78 is 12.6. The number of aliphatic hydroxyl groups is 1. The number of ketones is 1. The molecule has 280 valence electrons. The molecule has 0 bridgehead atoms. The topological polar surface area (TPSA) is 161 Å². The molecule has 3 N–H and O–H groups in total. The van der Waals surface area contributed by atoms with Crippen molar-refractivity contribution in [1.82, 2.24) is 24.6 Å². The zero-order chi connectivity index (χ0) is 38.3. The molecule has 8 rings (SSSR count). The van der Waals surface area contributed by atoms with Crippen LogP contribution < -0.4 is 15.4 Å². The number of benzene rings is 3. The molecule has 55 heavy (non-hydrogen) atoms. The zero-order valence-corrected chi connectivity index (χ0v) is 30.7. The molecular weight excluding hydrogens is 699 g/mol. The number of fused-ring (bicyclic) bond motifs is 2. The molecule has 4 heterocycles. The number of piperidine rings is 1. The molecule has 3 aromatic carbocycles. The van der Waals surface area contributed by atoms with Crippen LogP contribution in [0, 0.1) is 0 Å². The van der Waals surface area contributed by atoms with Gasteiger partial charge >= 0.3 is 5.97 Å². The minimum Gasteiger partial charge on any atom is -0.497 e. The second-order valence-corrected chi connectivity index (χ2v) is 14.5. The van der Waals surface area contributed by atoms with Gasteiger partial charge in [-0.1, -0.05) is 24.3 Å². The van der Waals surface area contributed by atoms with Crippen LogP contribution in [0.4, 0.5) is 17.5 Å². The minimum absolute atomic E-state index is 0.0597. The molecule has 2 aromatic heterocycles. The van der Waals surface area contributed by atoms with Crippen LogP contribution in [0.2, 0.25) is 0 Å². The van der Waals surface area contributed by atoms with Crippen molar-refractivity contribution in [2.24, 2.45) is 0 Å². The van der Waals surface area contributed by atoms with E-state index in [1.54, 1.807) is 60.8 Å². The lowest BCUT2D eigenvalue weighted by Gasteiger charge is -2.31. The molecule has 0 saturated carbocycles. The Hall–Kier alpha value is -6.34. The van der Waals surface area contributed by atoms with Gasteiger partial charge in [0.15, 0.2) is 5.78 Å². The highest BCUT2D eigenvalue weighted by Crippen LogP contribution is 2.39. The molecule has 2 aliphatic heterocycles. The Morgan fingerprint density at radius 1 is 1.00 bits per heavy atom. The smallest absolute Gasteiger partial charge is 0.339 e. The normalized spacial score (nSPS) is 18.8. The second-order valence-electron chi connectivity index (χ2n) is 14.5. The predicted molar refractivity (Wildman–Crippen MR) is 205 cm³/mol. The van der Waals surface area contributed by atoms with Crippen LogP contribution in [0.5, 0.6) is 5.75 Å². The summed E-state index contributed by atoms with van der Waals surface area (Å²) in [7, 11) is 1.56. The third-order valence-corrected chi connectivity index (χ3v) is 10.6. The number of aromatic nitrogens is 4. The van der Waals surface area contributed by atoms with Gasteiger partial charge in [0, 0.05) is 65.9 Å². The molecule has 0 spiro atoms. The Kier molecular flexibility index (Phi) is 9.39. The zero-order valence-electron chi connectivity index (χ0n) is 30.7. The van der Waals surface area contributed by atoms with Crippen molar-refractivity contribution in [3.05, 3.63) is 125 Å². The fourth-order valence-corrected chi connectivity index (χ4v) is 7.56. The van der Waals surface area contributed by atoms with E-state index < -0.39 is 11.7 Å². The van der Waals surface area contributed by atoms with Gasteiger partial charge in [-0.2, -0.15) is 10.1 Å². The van der Waals surface area contributed by atoms with Crippen LogP contribution in [-0.2, 0) is 21.6 Å². The van der Waals surface area contributed by atoms with E-state index in [-0.39, 0.29) is 29.7 Å². The van der Waals surface area contributed by atoms with Gasteiger partial charge in [-0.05, 0) is 86.4 Å². The van der Waals surface area contributed by atoms with Crippen molar-refractivity contribution in [3.63, 3.8) is 0 Å².